The second-order valence-electron chi connectivity index (χ2n) is 5.66. The number of furan rings is 1. The Morgan fingerprint density at radius 2 is 1.89 bits per heavy atom. The number of carbonyl (C=O) groups is 1. The van der Waals surface area contributed by atoms with Crippen molar-refractivity contribution in [3.05, 3.63) is 80.8 Å². The summed E-state index contributed by atoms with van der Waals surface area (Å²) in [6, 6.07) is 18.8. The maximum atomic E-state index is 12.2. The molecule has 0 spiro atoms. The van der Waals surface area contributed by atoms with Crippen LogP contribution >= 0.6 is 51.1 Å². The molecule has 1 aliphatic heterocycles. The van der Waals surface area contributed by atoms with Gasteiger partial charge in [0.2, 0.25) is 0 Å². The van der Waals surface area contributed by atoms with Crippen LogP contribution in [0.15, 0.2) is 89.4 Å². The summed E-state index contributed by atoms with van der Waals surface area (Å²) in [5.41, 5.74) is 0.786. The van der Waals surface area contributed by atoms with Gasteiger partial charge in [-0.2, -0.15) is 0 Å². The summed E-state index contributed by atoms with van der Waals surface area (Å²) in [5.74, 6) is 0.390. The number of rotatable bonds is 4. The van der Waals surface area contributed by atoms with E-state index in [1.54, 1.807) is 6.08 Å². The van der Waals surface area contributed by atoms with E-state index in [1.165, 1.54) is 23.5 Å². The Hall–Kier alpha value is -1.93. The molecule has 1 aliphatic rings. The van der Waals surface area contributed by atoms with Gasteiger partial charge in [-0.15, -0.1) is 0 Å². The summed E-state index contributed by atoms with van der Waals surface area (Å²) in [6.45, 7) is 0. The number of hydrogen-bond acceptors (Lipinski definition) is 5. The molecule has 1 amide bonds. The fraction of sp³-hybridized carbons (Fsp3) is 0. The molecule has 0 atom stereocenters. The average Bonchev–Trinajstić information content (AvgIpc) is 3.20. The van der Waals surface area contributed by atoms with Gasteiger partial charge >= 0.3 is 0 Å². The van der Waals surface area contributed by atoms with E-state index in [-0.39, 0.29) is 5.91 Å². The number of amides is 1. The van der Waals surface area contributed by atoms with Gasteiger partial charge in [-0.1, -0.05) is 41.6 Å². The molecule has 2 heterocycles. The van der Waals surface area contributed by atoms with Crippen molar-refractivity contribution < 1.29 is 9.21 Å². The molecule has 140 valence electrons. The van der Waals surface area contributed by atoms with Crippen LogP contribution in [-0.4, -0.2) is 11.1 Å². The first kappa shape index (κ1) is 19.4. The third-order valence-corrected chi connectivity index (χ3v) is 6.62. The van der Waals surface area contributed by atoms with Crippen LogP contribution < -0.4 is 5.32 Å². The minimum Gasteiger partial charge on any atom is -0.449 e. The number of nitrogens with zero attached hydrogens (tertiary/aromatic N) is 1. The Morgan fingerprint density at radius 3 is 2.64 bits per heavy atom. The van der Waals surface area contributed by atoms with Gasteiger partial charge < -0.3 is 9.73 Å². The highest BCUT2D eigenvalue weighted by molar-refractivity contribution is 9.10. The first-order valence-electron chi connectivity index (χ1n) is 8.14. The summed E-state index contributed by atoms with van der Waals surface area (Å²) in [7, 11) is 0. The van der Waals surface area contributed by atoms with Gasteiger partial charge in [-0.3, -0.25) is 4.79 Å². The summed E-state index contributed by atoms with van der Waals surface area (Å²) in [5, 5.41) is 4.71. The smallest absolute Gasteiger partial charge is 0.264 e. The molecule has 0 saturated carbocycles. The van der Waals surface area contributed by atoms with Crippen LogP contribution in [0.2, 0.25) is 5.02 Å². The fourth-order valence-corrected chi connectivity index (χ4v) is 4.63. The number of hydrogen-bond donors (Lipinski definition) is 1. The molecular weight excluding hydrogens is 480 g/mol. The van der Waals surface area contributed by atoms with E-state index in [1.807, 2.05) is 60.7 Å². The molecule has 4 rings (SSSR count). The van der Waals surface area contributed by atoms with Gasteiger partial charge in [0, 0.05) is 16.0 Å². The zero-order valence-electron chi connectivity index (χ0n) is 14.2. The summed E-state index contributed by atoms with van der Waals surface area (Å²) >= 11 is 12.2. The minimum absolute atomic E-state index is 0.195. The van der Waals surface area contributed by atoms with Crippen molar-refractivity contribution in [1.29, 1.82) is 0 Å². The standard InChI is InChI=1S/C20H12BrClN2O2S2/c21-16-10-14(26-19(16)27-15-8-6-12(22)7-9-15)11-17-18(25)24-20(28-17)23-13-4-2-1-3-5-13/h1-11H,(H,23,24,25)/b17-11+. The Kier molecular flexibility index (Phi) is 5.96. The molecule has 1 fully saturated rings. The van der Waals surface area contributed by atoms with Crippen LogP contribution in [0.1, 0.15) is 5.76 Å². The van der Waals surface area contributed by atoms with Crippen molar-refractivity contribution in [3.63, 3.8) is 0 Å². The van der Waals surface area contributed by atoms with Gasteiger partial charge in [0.05, 0.1) is 15.1 Å². The third kappa shape index (κ3) is 4.72. The predicted molar refractivity (Wildman–Crippen MR) is 119 cm³/mol. The number of nitrogens with one attached hydrogen (secondary N) is 1. The van der Waals surface area contributed by atoms with Crippen LogP contribution in [0, 0.1) is 0 Å². The second kappa shape index (κ2) is 8.61. The topological polar surface area (TPSA) is 54.6 Å². The number of para-hydroxylation sites is 1. The van der Waals surface area contributed by atoms with Crippen LogP contribution in [0.4, 0.5) is 5.69 Å². The molecule has 0 bridgehead atoms. The summed E-state index contributed by atoms with van der Waals surface area (Å²) < 4.78 is 6.71. The Labute approximate surface area is 183 Å². The zero-order chi connectivity index (χ0) is 19.5. The number of benzene rings is 2. The van der Waals surface area contributed by atoms with Crippen LogP contribution in [-0.2, 0) is 4.79 Å². The van der Waals surface area contributed by atoms with Crippen molar-refractivity contribution in [1.82, 2.24) is 5.32 Å². The lowest BCUT2D eigenvalue weighted by atomic mass is 10.3. The number of halogens is 2. The van der Waals surface area contributed by atoms with Crippen molar-refractivity contribution in [2.24, 2.45) is 4.99 Å². The molecule has 8 heteroatoms. The van der Waals surface area contributed by atoms with Crippen molar-refractivity contribution in [3.8, 4) is 0 Å². The normalized spacial score (nSPS) is 16.7. The molecule has 28 heavy (non-hydrogen) atoms. The van der Waals surface area contributed by atoms with E-state index < -0.39 is 0 Å². The van der Waals surface area contributed by atoms with Gasteiger partial charge in [-0.25, -0.2) is 4.99 Å². The molecular formula is C20H12BrClN2O2S2. The highest BCUT2D eigenvalue weighted by Crippen LogP contribution is 2.38. The quantitative estimate of drug-likeness (QED) is 0.411. The van der Waals surface area contributed by atoms with Gasteiger partial charge in [0.1, 0.15) is 5.76 Å². The van der Waals surface area contributed by atoms with E-state index in [0.717, 1.165) is 15.1 Å². The van der Waals surface area contributed by atoms with E-state index in [0.29, 0.717) is 25.9 Å². The first-order valence-corrected chi connectivity index (χ1v) is 10.9. The molecule has 1 aromatic heterocycles. The van der Waals surface area contributed by atoms with E-state index in [2.05, 4.69) is 26.2 Å². The highest BCUT2D eigenvalue weighted by Gasteiger charge is 2.24. The van der Waals surface area contributed by atoms with Crippen LogP contribution in [0.25, 0.3) is 6.08 Å². The van der Waals surface area contributed by atoms with Crippen molar-refractivity contribution >= 4 is 73.9 Å². The molecule has 0 aliphatic carbocycles. The molecule has 4 nitrogen and oxygen atoms in total. The second-order valence-corrected chi connectivity index (χ2v) is 9.03. The monoisotopic (exact) mass is 490 g/mol. The molecule has 2 aromatic carbocycles. The molecule has 0 unspecified atom stereocenters. The predicted octanol–water partition coefficient (Wildman–Crippen LogP) is 6.74. The van der Waals surface area contributed by atoms with Gasteiger partial charge in [0.25, 0.3) is 5.91 Å². The van der Waals surface area contributed by atoms with Crippen LogP contribution in [0.5, 0.6) is 0 Å². The number of carbonyl (C=O) groups excluding carboxylic acids is 1. The van der Waals surface area contributed by atoms with E-state index in [9.17, 15) is 4.79 Å². The van der Waals surface area contributed by atoms with Crippen molar-refractivity contribution in [2.75, 3.05) is 0 Å². The van der Waals surface area contributed by atoms with E-state index >= 15 is 0 Å². The fourth-order valence-electron chi connectivity index (χ4n) is 2.35. The minimum atomic E-state index is -0.195. The lowest BCUT2D eigenvalue weighted by Gasteiger charge is -1.98. The first-order chi connectivity index (χ1) is 13.6. The molecule has 3 aromatic rings. The lowest BCUT2D eigenvalue weighted by molar-refractivity contribution is -0.115. The summed E-state index contributed by atoms with van der Waals surface area (Å²) in [4.78, 5) is 18.2. The van der Waals surface area contributed by atoms with Gasteiger partial charge in [-0.05, 0) is 70.2 Å². The molecule has 1 saturated heterocycles. The molecule has 0 radical (unpaired) electrons. The Bertz CT molecular complexity index is 1080. The maximum absolute atomic E-state index is 12.2. The number of aliphatic imine (C=N–C) groups is 1. The average molecular weight is 492 g/mol. The number of amidine groups is 1. The van der Waals surface area contributed by atoms with Gasteiger partial charge in [0.15, 0.2) is 10.3 Å². The number of thioether (sulfide) groups is 1. The van der Waals surface area contributed by atoms with Crippen molar-refractivity contribution in [2.45, 2.75) is 9.99 Å². The Balaban J connectivity index is 1.52. The summed E-state index contributed by atoms with van der Waals surface area (Å²) in [6.07, 6.45) is 1.71. The zero-order valence-corrected chi connectivity index (χ0v) is 18.2. The van der Waals surface area contributed by atoms with Crippen LogP contribution in [0.3, 0.4) is 0 Å². The SMILES string of the molecule is O=C1NC(=Nc2ccccc2)S/C1=C/c1cc(Br)c(Sc2ccc(Cl)cc2)o1. The Morgan fingerprint density at radius 1 is 1.14 bits per heavy atom. The maximum Gasteiger partial charge on any atom is 0.264 e. The van der Waals surface area contributed by atoms with E-state index in [4.69, 9.17) is 16.0 Å². The third-order valence-electron chi connectivity index (χ3n) is 3.61. The highest BCUT2D eigenvalue weighted by atomic mass is 79.9. The largest absolute Gasteiger partial charge is 0.449 e. The lowest BCUT2D eigenvalue weighted by Crippen LogP contribution is -2.19. The molecule has 1 N–H and O–H groups in total.